The average molecular weight is 300 g/mol. The quantitative estimate of drug-likeness (QED) is 0.820. The second kappa shape index (κ2) is 8.82. The Bertz CT molecular complexity index is 421. The van der Waals surface area contributed by atoms with E-state index in [1.54, 1.807) is 12.1 Å². The van der Waals surface area contributed by atoms with Crippen molar-refractivity contribution in [2.24, 2.45) is 5.92 Å². The molecule has 0 aromatic heterocycles. The van der Waals surface area contributed by atoms with Gasteiger partial charge in [-0.2, -0.15) is 0 Å². The normalized spacial score (nSPS) is 10.5. The van der Waals surface area contributed by atoms with Crippen LogP contribution in [0.25, 0.3) is 0 Å². The van der Waals surface area contributed by atoms with E-state index in [0.717, 1.165) is 19.6 Å². The van der Waals surface area contributed by atoms with Gasteiger partial charge in [-0.1, -0.05) is 19.9 Å². The van der Waals surface area contributed by atoms with Gasteiger partial charge in [-0.15, -0.1) is 12.4 Å². The molecule has 0 radical (unpaired) electrons. The number of anilines is 1. The summed E-state index contributed by atoms with van der Waals surface area (Å²) in [6.07, 6.45) is 0. The van der Waals surface area contributed by atoms with E-state index in [4.69, 9.17) is 5.73 Å². The second-order valence-electron chi connectivity index (χ2n) is 5.57. The summed E-state index contributed by atoms with van der Waals surface area (Å²) in [5.74, 6) is 0.509. The SMILES string of the molecule is CC(C)CN(CCN(C)C)C(=O)c1cccc(N)c1.Cl. The first-order valence-corrected chi connectivity index (χ1v) is 6.69. The lowest BCUT2D eigenvalue weighted by atomic mass is 10.1. The Labute approximate surface area is 128 Å². The van der Waals surface area contributed by atoms with Crippen molar-refractivity contribution in [2.45, 2.75) is 13.8 Å². The maximum Gasteiger partial charge on any atom is 0.253 e. The molecule has 0 spiro atoms. The summed E-state index contributed by atoms with van der Waals surface area (Å²) < 4.78 is 0. The third-order valence-electron chi connectivity index (χ3n) is 2.82. The summed E-state index contributed by atoms with van der Waals surface area (Å²) >= 11 is 0. The van der Waals surface area contributed by atoms with E-state index in [0.29, 0.717) is 17.2 Å². The van der Waals surface area contributed by atoms with Crippen LogP contribution in [0.4, 0.5) is 5.69 Å². The number of nitrogen functional groups attached to an aromatic ring is 1. The summed E-state index contributed by atoms with van der Waals surface area (Å²) in [5.41, 5.74) is 7.03. The number of amides is 1. The molecule has 1 rings (SSSR count). The zero-order valence-electron chi connectivity index (χ0n) is 12.8. The van der Waals surface area contributed by atoms with E-state index in [2.05, 4.69) is 18.7 Å². The van der Waals surface area contributed by atoms with Gasteiger partial charge >= 0.3 is 0 Å². The largest absolute Gasteiger partial charge is 0.399 e. The molecular formula is C15H26ClN3O. The van der Waals surface area contributed by atoms with Gasteiger partial charge in [-0.3, -0.25) is 4.79 Å². The van der Waals surface area contributed by atoms with Crippen molar-refractivity contribution in [3.63, 3.8) is 0 Å². The minimum atomic E-state index is 0. The molecule has 0 fully saturated rings. The van der Waals surface area contributed by atoms with Crippen molar-refractivity contribution in [3.05, 3.63) is 29.8 Å². The van der Waals surface area contributed by atoms with Crippen LogP contribution in [0.2, 0.25) is 0 Å². The van der Waals surface area contributed by atoms with E-state index in [-0.39, 0.29) is 18.3 Å². The first-order chi connectivity index (χ1) is 8.90. The topological polar surface area (TPSA) is 49.6 Å². The third-order valence-corrected chi connectivity index (χ3v) is 2.82. The molecule has 0 saturated heterocycles. The number of likely N-dealkylation sites (N-methyl/N-ethyl adjacent to an activating group) is 1. The lowest BCUT2D eigenvalue weighted by molar-refractivity contribution is 0.0724. The molecular weight excluding hydrogens is 274 g/mol. The molecule has 0 heterocycles. The Morgan fingerprint density at radius 1 is 1.25 bits per heavy atom. The van der Waals surface area contributed by atoms with Crippen LogP contribution in [0.3, 0.4) is 0 Å². The molecule has 0 unspecified atom stereocenters. The van der Waals surface area contributed by atoms with Crippen LogP contribution in [0.15, 0.2) is 24.3 Å². The molecule has 0 atom stereocenters. The fraction of sp³-hybridized carbons (Fsp3) is 0.533. The standard InChI is InChI=1S/C15H25N3O.ClH/c1-12(2)11-18(9-8-17(3)4)15(19)13-6-5-7-14(16)10-13;/h5-7,10,12H,8-9,11,16H2,1-4H3;1H. The smallest absolute Gasteiger partial charge is 0.253 e. The molecule has 4 nitrogen and oxygen atoms in total. The van der Waals surface area contributed by atoms with Gasteiger partial charge in [-0.05, 0) is 38.2 Å². The van der Waals surface area contributed by atoms with Crippen molar-refractivity contribution in [1.29, 1.82) is 0 Å². The first kappa shape index (κ1) is 18.7. The highest BCUT2D eigenvalue weighted by atomic mass is 35.5. The molecule has 0 bridgehead atoms. The Hall–Kier alpha value is -1.26. The molecule has 1 amide bonds. The molecule has 0 saturated carbocycles. The number of nitrogens with zero attached hydrogens (tertiary/aromatic N) is 2. The number of nitrogens with two attached hydrogens (primary N) is 1. The Kier molecular flexibility index (Phi) is 8.26. The van der Waals surface area contributed by atoms with Gasteiger partial charge in [0.1, 0.15) is 0 Å². The molecule has 5 heteroatoms. The van der Waals surface area contributed by atoms with Gasteiger partial charge in [-0.25, -0.2) is 0 Å². The predicted molar refractivity (Wildman–Crippen MR) is 87.4 cm³/mol. The molecule has 1 aromatic rings. The van der Waals surface area contributed by atoms with Crippen LogP contribution >= 0.6 is 12.4 Å². The molecule has 0 aliphatic carbocycles. The predicted octanol–water partition coefficient (Wildman–Crippen LogP) is 2.35. The highest BCUT2D eigenvalue weighted by Crippen LogP contribution is 2.11. The monoisotopic (exact) mass is 299 g/mol. The van der Waals surface area contributed by atoms with Crippen LogP contribution in [-0.2, 0) is 0 Å². The van der Waals surface area contributed by atoms with E-state index in [1.165, 1.54) is 0 Å². The van der Waals surface area contributed by atoms with Gasteiger partial charge in [0.2, 0.25) is 0 Å². The average Bonchev–Trinajstić information content (AvgIpc) is 2.33. The highest BCUT2D eigenvalue weighted by Gasteiger charge is 2.17. The number of carbonyl (C=O) groups is 1. The van der Waals surface area contributed by atoms with Crippen molar-refractivity contribution in [3.8, 4) is 0 Å². The lowest BCUT2D eigenvalue weighted by Gasteiger charge is -2.26. The molecule has 20 heavy (non-hydrogen) atoms. The maximum absolute atomic E-state index is 12.5. The van der Waals surface area contributed by atoms with Crippen molar-refractivity contribution in [1.82, 2.24) is 9.80 Å². The maximum atomic E-state index is 12.5. The summed E-state index contributed by atoms with van der Waals surface area (Å²) in [5, 5.41) is 0. The number of hydrogen-bond donors (Lipinski definition) is 1. The van der Waals surface area contributed by atoms with Gasteiger partial charge in [0, 0.05) is 30.9 Å². The number of rotatable bonds is 6. The van der Waals surface area contributed by atoms with Crippen LogP contribution in [0.1, 0.15) is 24.2 Å². The Morgan fingerprint density at radius 3 is 2.40 bits per heavy atom. The summed E-state index contributed by atoms with van der Waals surface area (Å²) in [4.78, 5) is 16.5. The fourth-order valence-corrected chi connectivity index (χ4v) is 1.89. The van der Waals surface area contributed by atoms with Crippen LogP contribution in [0.5, 0.6) is 0 Å². The van der Waals surface area contributed by atoms with Gasteiger partial charge in [0.15, 0.2) is 0 Å². The van der Waals surface area contributed by atoms with E-state index in [1.807, 2.05) is 31.1 Å². The van der Waals surface area contributed by atoms with Crippen LogP contribution < -0.4 is 5.73 Å². The zero-order chi connectivity index (χ0) is 14.4. The van der Waals surface area contributed by atoms with E-state index < -0.39 is 0 Å². The minimum Gasteiger partial charge on any atom is -0.399 e. The molecule has 1 aromatic carbocycles. The molecule has 114 valence electrons. The van der Waals surface area contributed by atoms with Gasteiger partial charge in [0.05, 0.1) is 0 Å². The Balaban J connectivity index is 0.00000361. The third kappa shape index (κ3) is 6.26. The second-order valence-corrected chi connectivity index (χ2v) is 5.57. The Morgan fingerprint density at radius 2 is 1.90 bits per heavy atom. The zero-order valence-corrected chi connectivity index (χ0v) is 13.6. The number of halogens is 1. The lowest BCUT2D eigenvalue weighted by Crippen LogP contribution is -2.39. The van der Waals surface area contributed by atoms with Crippen LogP contribution in [0, 0.1) is 5.92 Å². The van der Waals surface area contributed by atoms with E-state index >= 15 is 0 Å². The van der Waals surface area contributed by atoms with Gasteiger partial charge in [0.25, 0.3) is 5.91 Å². The summed E-state index contributed by atoms with van der Waals surface area (Å²) in [6, 6.07) is 7.18. The first-order valence-electron chi connectivity index (χ1n) is 6.69. The number of benzene rings is 1. The molecule has 0 aliphatic heterocycles. The molecule has 2 N–H and O–H groups in total. The minimum absolute atomic E-state index is 0. The summed E-state index contributed by atoms with van der Waals surface area (Å²) in [7, 11) is 4.02. The fourth-order valence-electron chi connectivity index (χ4n) is 1.89. The number of hydrogen-bond acceptors (Lipinski definition) is 3. The van der Waals surface area contributed by atoms with Crippen molar-refractivity contribution < 1.29 is 4.79 Å². The highest BCUT2D eigenvalue weighted by molar-refractivity contribution is 5.95. The summed E-state index contributed by atoms with van der Waals surface area (Å²) in [6.45, 7) is 6.60. The van der Waals surface area contributed by atoms with Crippen molar-refractivity contribution >= 4 is 24.0 Å². The number of carbonyl (C=O) groups excluding carboxylic acids is 1. The molecule has 0 aliphatic rings. The van der Waals surface area contributed by atoms with Crippen molar-refractivity contribution in [2.75, 3.05) is 39.5 Å². The van der Waals surface area contributed by atoms with Gasteiger partial charge < -0.3 is 15.5 Å². The van der Waals surface area contributed by atoms with Crippen LogP contribution in [-0.4, -0.2) is 49.4 Å². The van der Waals surface area contributed by atoms with E-state index in [9.17, 15) is 4.79 Å².